The summed E-state index contributed by atoms with van der Waals surface area (Å²) in [6, 6.07) is 18.4. The SMILES string of the molecule is O=C(N/N=C\c1ccc(Sc2nc3ccc(NC(=O)c4ccccc4F)cc3s2)c([N+](=O)[O-])c1)c1ccncc1. The summed E-state index contributed by atoms with van der Waals surface area (Å²) in [5.41, 5.74) is 4.06. The van der Waals surface area contributed by atoms with Crippen LogP contribution >= 0.6 is 23.1 Å². The number of nitrogens with zero attached hydrogens (tertiary/aromatic N) is 4. The number of aromatic nitrogens is 2. The molecule has 0 aliphatic heterocycles. The number of thiazole rings is 1. The number of hydrogen-bond donors (Lipinski definition) is 2. The number of carbonyl (C=O) groups is 2. The van der Waals surface area contributed by atoms with Gasteiger partial charge in [0.25, 0.3) is 17.5 Å². The number of nitro groups is 1. The zero-order chi connectivity index (χ0) is 28.1. The summed E-state index contributed by atoms with van der Waals surface area (Å²) in [7, 11) is 0. The molecule has 10 nitrogen and oxygen atoms in total. The average Bonchev–Trinajstić information content (AvgIpc) is 3.35. The molecule has 40 heavy (non-hydrogen) atoms. The minimum atomic E-state index is -0.619. The van der Waals surface area contributed by atoms with Crippen molar-refractivity contribution in [2.24, 2.45) is 5.10 Å². The maximum atomic E-state index is 13.9. The maximum absolute atomic E-state index is 13.9. The molecule has 0 spiro atoms. The largest absolute Gasteiger partial charge is 0.322 e. The molecule has 0 fully saturated rings. The number of benzene rings is 3. The van der Waals surface area contributed by atoms with E-state index in [2.05, 4.69) is 25.8 Å². The van der Waals surface area contributed by atoms with Crippen molar-refractivity contribution >= 4 is 62.7 Å². The van der Waals surface area contributed by atoms with E-state index in [0.717, 1.165) is 16.5 Å². The van der Waals surface area contributed by atoms with Crippen LogP contribution in [0.2, 0.25) is 0 Å². The van der Waals surface area contributed by atoms with Gasteiger partial charge in [-0.1, -0.05) is 30.0 Å². The molecule has 3 aromatic carbocycles. The van der Waals surface area contributed by atoms with Crippen molar-refractivity contribution in [2.45, 2.75) is 9.24 Å². The van der Waals surface area contributed by atoms with Crippen LogP contribution in [0.5, 0.6) is 0 Å². The minimum absolute atomic E-state index is 0.0694. The number of hydrogen-bond acceptors (Lipinski definition) is 9. The Hall–Kier alpha value is -5.01. The number of rotatable bonds is 8. The lowest BCUT2D eigenvalue weighted by atomic mass is 10.2. The molecule has 13 heteroatoms. The van der Waals surface area contributed by atoms with Gasteiger partial charge in [-0.15, -0.1) is 11.3 Å². The fraction of sp³-hybridized carbons (Fsp3) is 0. The summed E-state index contributed by atoms with van der Waals surface area (Å²) in [6.45, 7) is 0. The third-order valence-electron chi connectivity index (χ3n) is 5.44. The van der Waals surface area contributed by atoms with Crippen LogP contribution < -0.4 is 10.7 Å². The van der Waals surface area contributed by atoms with Crippen molar-refractivity contribution in [1.29, 1.82) is 0 Å². The van der Waals surface area contributed by atoms with Gasteiger partial charge in [0, 0.05) is 35.3 Å². The molecule has 2 amide bonds. The number of carbonyl (C=O) groups excluding carboxylic acids is 2. The predicted octanol–water partition coefficient (Wildman–Crippen LogP) is 5.91. The summed E-state index contributed by atoms with van der Waals surface area (Å²) in [4.78, 5) is 44.6. The Kier molecular flexibility index (Phi) is 7.84. The van der Waals surface area contributed by atoms with Gasteiger partial charge in [0.1, 0.15) is 5.82 Å². The quantitative estimate of drug-likeness (QED) is 0.134. The second-order valence-corrected chi connectivity index (χ2v) is 10.4. The minimum Gasteiger partial charge on any atom is -0.322 e. The van der Waals surface area contributed by atoms with Crippen LogP contribution in [0.4, 0.5) is 15.8 Å². The normalized spacial score (nSPS) is 11.0. The fourth-order valence-electron chi connectivity index (χ4n) is 3.54. The monoisotopic (exact) mass is 572 g/mol. The Balaban J connectivity index is 1.30. The van der Waals surface area contributed by atoms with Gasteiger partial charge in [-0.2, -0.15) is 5.10 Å². The lowest BCUT2D eigenvalue weighted by Gasteiger charge is -2.05. The average molecular weight is 573 g/mol. The van der Waals surface area contributed by atoms with Crippen LogP contribution in [-0.2, 0) is 0 Å². The van der Waals surface area contributed by atoms with Gasteiger partial charge in [-0.3, -0.25) is 24.7 Å². The highest BCUT2D eigenvalue weighted by Gasteiger charge is 2.18. The second-order valence-electron chi connectivity index (χ2n) is 8.12. The molecule has 5 rings (SSSR count). The topological polar surface area (TPSA) is 139 Å². The van der Waals surface area contributed by atoms with Gasteiger partial charge in [-0.25, -0.2) is 14.8 Å². The van der Waals surface area contributed by atoms with Crippen molar-refractivity contribution in [3.8, 4) is 0 Å². The number of halogens is 1. The smallest absolute Gasteiger partial charge is 0.283 e. The molecule has 0 unspecified atom stereocenters. The number of nitrogens with one attached hydrogen (secondary N) is 2. The molecule has 0 aliphatic rings. The Labute approximate surface area is 234 Å². The zero-order valence-electron chi connectivity index (χ0n) is 20.3. The number of amides is 2. The zero-order valence-corrected chi connectivity index (χ0v) is 21.9. The molecule has 0 radical (unpaired) electrons. The van der Waals surface area contributed by atoms with E-state index in [1.54, 1.807) is 36.4 Å². The van der Waals surface area contributed by atoms with Crippen LogP contribution in [0, 0.1) is 15.9 Å². The van der Waals surface area contributed by atoms with Crippen LogP contribution in [0.25, 0.3) is 10.2 Å². The highest BCUT2D eigenvalue weighted by atomic mass is 32.2. The van der Waals surface area contributed by atoms with Crippen molar-refractivity contribution in [3.63, 3.8) is 0 Å². The molecule has 2 N–H and O–H groups in total. The van der Waals surface area contributed by atoms with Gasteiger partial charge >= 0.3 is 0 Å². The molecular formula is C27H17FN6O4S2. The van der Waals surface area contributed by atoms with Gasteiger partial charge < -0.3 is 5.32 Å². The van der Waals surface area contributed by atoms with Gasteiger partial charge in [-0.05, 0) is 48.5 Å². The third kappa shape index (κ3) is 6.17. The lowest BCUT2D eigenvalue weighted by molar-refractivity contribution is -0.387. The Morgan fingerprint density at radius 1 is 1.02 bits per heavy atom. The Morgan fingerprint density at radius 3 is 2.60 bits per heavy atom. The summed E-state index contributed by atoms with van der Waals surface area (Å²) in [6.07, 6.45) is 4.28. The van der Waals surface area contributed by atoms with E-state index in [4.69, 9.17) is 0 Å². The summed E-state index contributed by atoms with van der Waals surface area (Å²) in [5.74, 6) is -1.63. The van der Waals surface area contributed by atoms with Crippen molar-refractivity contribution in [3.05, 3.63) is 118 Å². The number of hydrazone groups is 1. The van der Waals surface area contributed by atoms with E-state index < -0.39 is 22.6 Å². The van der Waals surface area contributed by atoms with E-state index in [-0.39, 0.29) is 11.3 Å². The Morgan fingerprint density at radius 2 is 1.82 bits per heavy atom. The van der Waals surface area contributed by atoms with E-state index in [0.29, 0.717) is 31.6 Å². The first-order valence-electron chi connectivity index (χ1n) is 11.5. The first-order valence-corrected chi connectivity index (χ1v) is 13.2. The molecule has 2 heterocycles. The molecular weight excluding hydrogens is 555 g/mol. The number of pyridine rings is 1. The van der Waals surface area contributed by atoms with E-state index in [1.807, 2.05) is 0 Å². The molecule has 0 saturated heterocycles. The highest BCUT2D eigenvalue weighted by molar-refractivity contribution is 8.01. The highest BCUT2D eigenvalue weighted by Crippen LogP contribution is 2.39. The standard InChI is InChI=1S/C27H17FN6O4S2/c28-20-4-2-1-3-19(20)26(36)31-18-6-7-21-24(14-18)40-27(32-21)39-23-8-5-16(13-22(23)34(37)38)15-30-33-25(35)17-9-11-29-12-10-17/h1-15H,(H,31,36)(H,33,35)/b30-15-. The molecule has 0 atom stereocenters. The molecule has 0 aliphatic carbocycles. The van der Waals surface area contributed by atoms with Crippen LogP contribution in [-0.4, -0.2) is 32.9 Å². The van der Waals surface area contributed by atoms with Crippen LogP contribution in [0.15, 0.2) is 99.5 Å². The maximum Gasteiger partial charge on any atom is 0.283 e. The van der Waals surface area contributed by atoms with Gasteiger partial charge in [0.05, 0.1) is 31.8 Å². The third-order valence-corrected chi connectivity index (χ3v) is 7.59. The number of fused-ring (bicyclic) bond motifs is 1. The Bertz CT molecular complexity index is 1780. The first kappa shape index (κ1) is 26.6. The summed E-state index contributed by atoms with van der Waals surface area (Å²) in [5, 5.41) is 18.3. The van der Waals surface area contributed by atoms with E-state index in [1.165, 1.54) is 66.3 Å². The first-order chi connectivity index (χ1) is 19.4. The van der Waals surface area contributed by atoms with Gasteiger partial charge in [0.2, 0.25) is 0 Å². The van der Waals surface area contributed by atoms with E-state index in [9.17, 15) is 24.1 Å². The summed E-state index contributed by atoms with van der Waals surface area (Å²) >= 11 is 2.43. The molecule has 2 aromatic heterocycles. The van der Waals surface area contributed by atoms with Crippen molar-refractivity contribution in [2.75, 3.05) is 5.32 Å². The van der Waals surface area contributed by atoms with Crippen LogP contribution in [0.3, 0.4) is 0 Å². The second kappa shape index (κ2) is 11.8. The molecule has 0 saturated carbocycles. The van der Waals surface area contributed by atoms with Crippen LogP contribution in [0.1, 0.15) is 26.3 Å². The predicted molar refractivity (Wildman–Crippen MR) is 150 cm³/mol. The van der Waals surface area contributed by atoms with E-state index >= 15 is 0 Å². The molecule has 5 aromatic rings. The lowest BCUT2D eigenvalue weighted by Crippen LogP contribution is -2.17. The summed E-state index contributed by atoms with van der Waals surface area (Å²) < 4.78 is 15.2. The van der Waals surface area contributed by atoms with Crippen molar-refractivity contribution < 1.29 is 18.9 Å². The fourth-order valence-corrected chi connectivity index (χ4v) is 5.69. The number of anilines is 1. The molecule has 0 bridgehead atoms. The number of nitro benzene ring substituents is 1. The molecule has 198 valence electrons. The van der Waals surface area contributed by atoms with Gasteiger partial charge in [0.15, 0.2) is 4.34 Å². The van der Waals surface area contributed by atoms with Crippen molar-refractivity contribution in [1.82, 2.24) is 15.4 Å².